The van der Waals surface area contributed by atoms with Crippen LogP contribution in [0.1, 0.15) is 21.7 Å². The molecule has 0 N–H and O–H groups in total. The molecule has 1 aromatic heterocycles. The number of halogens is 1. The molecule has 0 aliphatic carbocycles. The predicted octanol–water partition coefficient (Wildman–Crippen LogP) is 2.61. The van der Waals surface area contributed by atoms with Gasteiger partial charge in [-0.3, -0.25) is 4.79 Å². The maximum Gasteiger partial charge on any atom is 0.228 e. The Labute approximate surface area is 98.7 Å². The van der Waals surface area contributed by atoms with Gasteiger partial charge in [0, 0.05) is 30.0 Å². The van der Waals surface area contributed by atoms with Crippen molar-refractivity contribution in [1.29, 1.82) is 0 Å². The summed E-state index contributed by atoms with van der Waals surface area (Å²) in [6.45, 7) is 1.83. The molecule has 0 aliphatic rings. The van der Waals surface area contributed by atoms with E-state index in [1.165, 1.54) is 0 Å². The highest BCUT2D eigenvalue weighted by Crippen LogP contribution is 2.20. The lowest BCUT2D eigenvalue weighted by Crippen LogP contribution is -2.10. The van der Waals surface area contributed by atoms with E-state index in [1.807, 2.05) is 6.92 Å². The molecule has 2 rings (SSSR count). The van der Waals surface area contributed by atoms with Crippen LogP contribution in [0.4, 0.5) is 0 Å². The Hall–Kier alpha value is -1.61. The molecular formula is C12H11ClN2O. The van der Waals surface area contributed by atoms with Gasteiger partial charge in [-0.25, -0.2) is 4.98 Å². The molecule has 0 aliphatic heterocycles. The minimum absolute atomic E-state index is 0.104. The first-order valence-electron chi connectivity index (χ1n) is 4.88. The summed E-state index contributed by atoms with van der Waals surface area (Å²) >= 11 is 5.98. The number of carbonyl (C=O) groups is 1. The average molecular weight is 235 g/mol. The van der Waals surface area contributed by atoms with Crippen LogP contribution in [0.15, 0.2) is 30.6 Å². The Balaban J connectivity index is 2.50. The summed E-state index contributed by atoms with van der Waals surface area (Å²) in [4.78, 5) is 16.2. The van der Waals surface area contributed by atoms with Gasteiger partial charge in [0.05, 0.1) is 0 Å². The maximum atomic E-state index is 12.2. The second-order valence-corrected chi connectivity index (χ2v) is 4.01. The summed E-state index contributed by atoms with van der Waals surface area (Å²) < 4.78 is 1.70. The number of carbonyl (C=O) groups excluding carboxylic acids is 1. The van der Waals surface area contributed by atoms with E-state index < -0.39 is 0 Å². The first kappa shape index (κ1) is 10.9. The molecule has 3 nitrogen and oxygen atoms in total. The van der Waals surface area contributed by atoms with Crippen molar-refractivity contribution >= 4 is 17.4 Å². The first-order valence-corrected chi connectivity index (χ1v) is 5.26. The third-order valence-electron chi connectivity index (χ3n) is 2.54. The highest BCUT2D eigenvalue weighted by Gasteiger charge is 2.16. The zero-order valence-corrected chi connectivity index (χ0v) is 9.82. The Morgan fingerprint density at radius 3 is 2.81 bits per heavy atom. The zero-order chi connectivity index (χ0) is 11.7. The van der Waals surface area contributed by atoms with Crippen LogP contribution in [0.3, 0.4) is 0 Å². The molecule has 16 heavy (non-hydrogen) atoms. The van der Waals surface area contributed by atoms with Crippen LogP contribution in [0.5, 0.6) is 0 Å². The first-order chi connectivity index (χ1) is 7.61. The Bertz CT molecular complexity index is 546. The second-order valence-electron chi connectivity index (χ2n) is 3.60. The number of nitrogens with zero attached hydrogens (tertiary/aromatic N) is 2. The fraction of sp³-hybridized carbons (Fsp3) is 0.167. The zero-order valence-electron chi connectivity index (χ0n) is 9.07. The van der Waals surface area contributed by atoms with Crippen molar-refractivity contribution < 1.29 is 4.79 Å². The predicted molar refractivity (Wildman–Crippen MR) is 62.8 cm³/mol. The van der Waals surface area contributed by atoms with Crippen molar-refractivity contribution in [2.24, 2.45) is 7.05 Å². The topological polar surface area (TPSA) is 34.9 Å². The number of rotatable bonds is 2. The molecule has 0 fully saturated rings. The molecule has 4 heteroatoms. The SMILES string of the molecule is Cc1c(Cl)cccc1C(=O)c1nccn1C. The minimum atomic E-state index is -0.104. The van der Waals surface area contributed by atoms with E-state index in [0.717, 1.165) is 5.56 Å². The molecule has 0 saturated heterocycles. The Kier molecular flexibility index (Phi) is 2.79. The highest BCUT2D eigenvalue weighted by atomic mass is 35.5. The van der Waals surface area contributed by atoms with Crippen molar-refractivity contribution in [1.82, 2.24) is 9.55 Å². The van der Waals surface area contributed by atoms with Gasteiger partial charge in [-0.2, -0.15) is 0 Å². The number of ketones is 1. The standard InChI is InChI=1S/C12H11ClN2O/c1-8-9(4-3-5-10(8)13)11(16)12-14-6-7-15(12)2/h3-7H,1-2H3. The third-order valence-corrected chi connectivity index (χ3v) is 2.95. The molecule has 0 atom stereocenters. The fourth-order valence-corrected chi connectivity index (χ4v) is 1.73. The van der Waals surface area contributed by atoms with Crippen LogP contribution in [-0.2, 0) is 7.05 Å². The molecular weight excluding hydrogens is 224 g/mol. The van der Waals surface area contributed by atoms with Crippen molar-refractivity contribution in [3.8, 4) is 0 Å². The third kappa shape index (κ3) is 1.74. The highest BCUT2D eigenvalue weighted by molar-refractivity contribution is 6.32. The molecule has 0 amide bonds. The maximum absolute atomic E-state index is 12.2. The van der Waals surface area contributed by atoms with E-state index in [4.69, 9.17) is 11.6 Å². The molecule has 0 saturated carbocycles. The molecule has 82 valence electrons. The molecule has 0 spiro atoms. The van der Waals surface area contributed by atoms with Gasteiger partial charge in [0.25, 0.3) is 0 Å². The Morgan fingerprint density at radius 2 is 2.19 bits per heavy atom. The van der Waals surface area contributed by atoms with Gasteiger partial charge in [0.1, 0.15) is 0 Å². The summed E-state index contributed by atoms with van der Waals surface area (Å²) in [5, 5.41) is 0.597. The summed E-state index contributed by atoms with van der Waals surface area (Å²) in [6.07, 6.45) is 3.35. The lowest BCUT2D eigenvalue weighted by molar-refractivity contribution is 0.102. The number of hydrogen-bond acceptors (Lipinski definition) is 2. The largest absolute Gasteiger partial charge is 0.331 e. The summed E-state index contributed by atoms with van der Waals surface area (Å²) in [6, 6.07) is 5.30. The van der Waals surface area contributed by atoms with E-state index >= 15 is 0 Å². The van der Waals surface area contributed by atoms with Gasteiger partial charge in [0.15, 0.2) is 5.82 Å². The fourth-order valence-electron chi connectivity index (χ4n) is 1.56. The number of imidazole rings is 1. The lowest BCUT2D eigenvalue weighted by atomic mass is 10.0. The van der Waals surface area contributed by atoms with Crippen molar-refractivity contribution in [3.05, 3.63) is 52.6 Å². The molecule has 0 unspecified atom stereocenters. The lowest BCUT2D eigenvalue weighted by Gasteiger charge is -2.06. The van der Waals surface area contributed by atoms with Crippen LogP contribution >= 0.6 is 11.6 Å². The van der Waals surface area contributed by atoms with E-state index in [-0.39, 0.29) is 5.78 Å². The van der Waals surface area contributed by atoms with Crippen LogP contribution < -0.4 is 0 Å². The van der Waals surface area contributed by atoms with Crippen molar-refractivity contribution in [2.45, 2.75) is 6.92 Å². The summed E-state index contributed by atoms with van der Waals surface area (Å²) in [7, 11) is 1.79. The van der Waals surface area contributed by atoms with Gasteiger partial charge < -0.3 is 4.57 Å². The monoisotopic (exact) mass is 234 g/mol. The quantitative estimate of drug-likeness (QED) is 0.749. The average Bonchev–Trinajstić information content (AvgIpc) is 2.68. The van der Waals surface area contributed by atoms with Gasteiger partial charge in [-0.1, -0.05) is 23.7 Å². The van der Waals surface area contributed by atoms with Gasteiger partial charge in [-0.15, -0.1) is 0 Å². The number of benzene rings is 1. The van der Waals surface area contributed by atoms with E-state index in [1.54, 1.807) is 42.2 Å². The smallest absolute Gasteiger partial charge is 0.228 e. The van der Waals surface area contributed by atoms with Crippen molar-refractivity contribution in [2.75, 3.05) is 0 Å². The normalized spacial score (nSPS) is 10.4. The molecule has 0 radical (unpaired) electrons. The van der Waals surface area contributed by atoms with Crippen LogP contribution in [0, 0.1) is 6.92 Å². The van der Waals surface area contributed by atoms with Gasteiger partial charge in [-0.05, 0) is 18.6 Å². The van der Waals surface area contributed by atoms with E-state index in [0.29, 0.717) is 16.4 Å². The number of aryl methyl sites for hydroxylation is 1. The Morgan fingerprint density at radius 1 is 1.44 bits per heavy atom. The van der Waals surface area contributed by atoms with E-state index in [9.17, 15) is 4.79 Å². The van der Waals surface area contributed by atoms with Gasteiger partial charge >= 0.3 is 0 Å². The number of aromatic nitrogens is 2. The number of hydrogen-bond donors (Lipinski definition) is 0. The van der Waals surface area contributed by atoms with E-state index in [2.05, 4.69) is 4.98 Å². The molecule has 1 aromatic carbocycles. The molecule has 0 bridgehead atoms. The van der Waals surface area contributed by atoms with Crippen molar-refractivity contribution in [3.63, 3.8) is 0 Å². The minimum Gasteiger partial charge on any atom is -0.331 e. The second kappa shape index (κ2) is 4.10. The van der Waals surface area contributed by atoms with Gasteiger partial charge in [0.2, 0.25) is 5.78 Å². The molecule has 1 heterocycles. The van der Waals surface area contributed by atoms with Crippen LogP contribution in [-0.4, -0.2) is 15.3 Å². The molecule has 2 aromatic rings. The van der Waals surface area contributed by atoms with Crippen LogP contribution in [0.25, 0.3) is 0 Å². The van der Waals surface area contributed by atoms with Crippen LogP contribution in [0.2, 0.25) is 5.02 Å². The summed E-state index contributed by atoms with van der Waals surface area (Å²) in [5.41, 5.74) is 1.39. The summed E-state index contributed by atoms with van der Waals surface area (Å²) in [5.74, 6) is 0.317.